The van der Waals surface area contributed by atoms with Gasteiger partial charge < -0.3 is 5.11 Å². The second kappa shape index (κ2) is 7.29. The average molecular weight is 387 g/mol. The largest absolute Gasteiger partial charge is 0.392 e. The maximum Gasteiger partial charge on any atom is 0.0684 e. The van der Waals surface area contributed by atoms with Crippen molar-refractivity contribution in [3.63, 3.8) is 0 Å². The molecule has 0 heterocycles. The predicted octanol–water partition coefficient (Wildman–Crippen LogP) is 7.30. The quantitative estimate of drug-likeness (QED) is 0.499. The topological polar surface area (TPSA) is 20.2 Å². The van der Waals surface area contributed by atoms with Crippen LogP contribution in [0.25, 0.3) is 21.9 Å². The lowest BCUT2D eigenvalue weighted by atomic mass is 9.63. The van der Waals surface area contributed by atoms with Crippen molar-refractivity contribution in [1.29, 1.82) is 0 Å². The van der Waals surface area contributed by atoms with Gasteiger partial charge in [-0.3, -0.25) is 0 Å². The number of aliphatic hydroxyl groups excluding tert-OH is 1. The van der Waals surface area contributed by atoms with Crippen molar-refractivity contribution in [2.24, 2.45) is 0 Å². The highest BCUT2D eigenvalue weighted by Crippen LogP contribution is 2.46. The summed E-state index contributed by atoms with van der Waals surface area (Å²) in [5.74, 6) is 0. The van der Waals surface area contributed by atoms with E-state index in [9.17, 15) is 5.11 Å². The van der Waals surface area contributed by atoms with Crippen molar-refractivity contribution < 1.29 is 5.11 Å². The lowest BCUT2D eigenvalue weighted by Gasteiger charge is -2.42. The SMILES string of the molecule is CCCc1c(CO)ccc2cc(-c3ccc4c(c3)C(C)(C)CCC4(C)C)ccc12. The van der Waals surface area contributed by atoms with E-state index in [0.717, 1.165) is 18.4 Å². The fraction of sp³-hybridized carbons (Fsp3) is 0.429. The summed E-state index contributed by atoms with van der Waals surface area (Å²) in [4.78, 5) is 0. The Morgan fingerprint density at radius 3 is 2.14 bits per heavy atom. The minimum Gasteiger partial charge on any atom is -0.392 e. The third kappa shape index (κ3) is 3.51. The highest BCUT2D eigenvalue weighted by atomic mass is 16.3. The molecular weight excluding hydrogens is 352 g/mol. The van der Waals surface area contributed by atoms with Gasteiger partial charge in [0.1, 0.15) is 0 Å². The molecule has 1 nitrogen and oxygen atoms in total. The highest BCUT2D eigenvalue weighted by molar-refractivity contribution is 5.91. The van der Waals surface area contributed by atoms with E-state index in [1.165, 1.54) is 51.4 Å². The van der Waals surface area contributed by atoms with Crippen molar-refractivity contribution in [2.45, 2.75) is 77.7 Å². The average Bonchev–Trinajstić information content (AvgIpc) is 2.71. The van der Waals surface area contributed by atoms with Gasteiger partial charge in [-0.05, 0) is 80.3 Å². The monoisotopic (exact) mass is 386 g/mol. The molecule has 152 valence electrons. The Kier molecular flexibility index (Phi) is 5.07. The minimum absolute atomic E-state index is 0.114. The van der Waals surface area contributed by atoms with Crippen molar-refractivity contribution in [2.75, 3.05) is 0 Å². The lowest BCUT2D eigenvalue weighted by molar-refractivity contribution is 0.281. The molecule has 0 amide bonds. The summed E-state index contributed by atoms with van der Waals surface area (Å²) in [6.45, 7) is 11.8. The first-order valence-electron chi connectivity index (χ1n) is 11.1. The Morgan fingerprint density at radius 1 is 0.793 bits per heavy atom. The molecule has 0 aromatic heterocycles. The van der Waals surface area contributed by atoms with E-state index in [0.29, 0.717) is 0 Å². The number of hydrogen-bond donors (Lipinski definition) is 1. The van der Waals surface area contributed by atoms with Gasteiger partial charge in [-0.2, -0.15) is 0 Å². The molecule has 0 saturated heterocycles. The first-order valence-corrected chi connectivity index (χ1v) is 11.1. The zero-order valence-corrected chi connectivity index (χ0v) is 18.6. The summed E-state index contributed by atoms with van der Waals surface area (Å²) < 4.78 is 0. The maximum atomic E-state index is 9.74. The number of aliphatic hydroxyl groups is 1. The van der Waals surface area contributed by atoms with E-state index in [4.69, 9.17) is 0 Å². The molecule has 0 fully saturated rings. The molecule has 1 aliphatic carbocycles. The molecule has 3 aromatic carbocycles. The molecule has 1 heteroatoms. The normalized spacial score (nSPS) is 17.3. The van der Waals surface area contributed by atoms with Crippen LogP contribution in [0.5, 0.6) is 0 Å². The second-order valence-electron chi connectivity index (χ2n) is 10.1. The number of hydrogen-bond acceptors (Lipinski definition) is 1. The highest BCUT2D eigenvalue weighted by Gasteiger charge is 2.36. The number of aryl methyl sites for hydroxylation is 1. The van der Waals surface area contributed by atoms with Gasteiger partial charge in [0.25, 0.3) is 0 Å². The summed E-state index contributed by atoms with van der Waals surface area (Å²) >= 11 is 0. The Balaban J connectivity index is 1.84. The molecule has 0 unspecified atom stereocenters. The Morgan fingerprint density at radius 2 is 1.45 bits per heavy atom. The van der Waals surface area contributed by atoms with Crippen LogP contribution < -0.4 is 0 Å². The van der Waals surface area contributed by atoms with Crippen molar-refractivity contribution >= 4 is 10.8 Å². The fourth-order valence-electron chi connectivity index (χ4n) is 5.08. The van der Waals surface area contributed by atoms with Crippen LogP contribution in [0.4, 0.5) is 0 Å². The van der Waals surface area contributed by atoms with Gasteiger partial charge in [-0.15, -0.1) is 0 Å². The third-order valence-electron chi connectivity index (χ3n) is 7.08. The van der Waals surface area contributed by atoms with Crippen LogP contribution in [0.15, 0.2) is 48.5 Å². The third-order valence-corrected chi connectivity index (χ3v) is 7.08. The predicted molar refractivity (Wildman–Crippen MR) is 125 cm³/mol. The van der Waals surface area contributed by atoms with Crippen LogP contribution in [0.2, 0.25) is 0 Å². The molecule has 0 saturated carbocycles. The van der Waals surface area contributed by atoms with E-state index in [1.54, 1.807) is 0 Å². The van der Waals surface area contributed by atoms with Gasteiger partial charge in [0.2, 0.25) is 0 Å². The van der Waals surface area contributed by atoms with E-state index < -0.39 is 0 Å². The van der Waals surface area contributed by atoms with Gasteiger partial charge in [0.05, 0.1) is 6.61 Å². The molecule has 3 aromatic rings. The van der Waals surface area contributed by atoms with Gasteiger partial charge in [-0.1, -0.05) is 83.5 Å². The number of benzene rings is 3. The number of fused-ring (bicyclic) bond motifs is 2. The van der Waals surface area contributed by atoms with Crippen LogP contribution in [-0.2, 0) is 23.9 Å². The van der Waals surface area contributed by atoms with Crippen LogP contribution in [0.3, 0.4) is 0 Å². The molecule has 1 aliphatic rings. The Labute approximate surface area is 175 Å². The van der Waals surface area contributed by atoms with Crippen LogP contribution in [0, 0.1) is 0 Å². The van der Waals surface area contributed by atoms with Crippen molar-refractivity contribution in [3.8, 4) is 11.1 Å². The zero-order valence-electron chi connectivity index (χ0n) is 18.6. The zero-order chi connectivity index (χ0) is 20.8. The van der Waals surface area contributed by atoms with Gasteiger partial charge in [-0.25, -0.2) is 0 Å². The van der Waals surface area contributed by atoms with Crippen molar-refractivity contribution in [3.05, 3.63) is 70.8 Å². The molecule has 0 atom stereocenters. The second-order valence-corrected chi connectivity index (χ2v) is 10.1. The molecule has 0 spiro atoms. The van der Waals surface area contributed by atoms with Crippen LogP contribution >= 0.6 is 0 Å². The van der Waals surface area contributed by atoms with E-state index in [2.05, 4.69) is 83.1 Å². The maximum absolute atomic E-state index is 9.74. The molecule has 29 heavy (non-hydrogen) atoms. The summed E-state index contributed by atoms with van der Waals surface area (Å²) in [6.07, 6.45) is 4.58. The summed E-state index contributed by atoms with van der Waals surface area (Å²) in [5.41, 5.74) is 8.44. The summed E-state index contributed by atoms with van der Waals surface area (Å²) in [5, 5.41) is 12.3. The van der Waals surface area contributed by atoms with E-state index >= 15 is 0 Å². The number of rotatable bonds is 4. The molecule has 0 radical (unpaired) electrons. The summed E-state index contributed by atoms with van der Waals surface area (Å²) in [6, 6.07) is 18.2. The molecular formula is C28H34O. The lowest BCUT2D eigenvalue weighted by Crippen LogP contribution is -2.33. The van der Waals surface area contributed by atoms with Gasteiger partial charge in [0, 0.05) is 0 Å². The van der Waals surface area contributed by atoms with E-state index in [1.807, 2.05) is 0 Å². The van der Waals surface area contributed by atoms with Gasteiger partial charge in [0.15, 0.2) is 0 Å². The molecule has 4 rings (SSSR count). The molecule has 1 N–H and O–H groups in total. The fourth-order valence-corrected chi connectivity index (χ4v) is 5.08. The molecule has 0 bridgehead atoms. The Hall–Kier alpha value is -2.12. The standard InChI is InChI=1S/C28H34O/c1-6-7-23-22(18-29)9-8-21-16-19(10-12-24(21)23)20-11-13-25-26(17-20)28(4,5)15-14-27(25,2)3/h8-13,16-17,29H,6-7,14-15,18H2,1-5H3. The summed E-state index contributed by atoms with van der Waals surface area (Å²) in [7, 11) is 0. The first kappa shape index (κ1) is 20.2. The van der Waals surface area contributed by atoms with Crippen LogP contribution in [-0.4, -0.2) is 5.11 Å². The smallest absolute Gasteiger partial charge is 0.0684 e. The van der Waals surface area contributed by atoms with Gasteiger partial charge >= 0.3 is 0 Å². The first-order chi connectivity index (χ1) is 13.8. The minimum atomic E-state index is 0.114. The van der Waals surface area contributed by atoms with E-state index in [-0.39, 0.29) is 17.4 Å². The molecule has 0 aliphatic heterocycles. The van der Waals surface area contributed by atoms with Crippen molar-refractivity contribution in [1.82, 2.24) is 0 Å². The Bertz CT molecular complexity index is 1060. The van der Waals surface area contributed by atoms with Crippen LogP contribution in [0.1, 0.15) is 76.1 Å².